The van der Waals surface area contributed by atoms with Gasteiger partial charge in [-0.25, -0.2) is 9.97 Å². The number of hydrogen-bond acceptors (Lipinski definition) is 6. The standard InChI is InChI=1S/C19H22N6O/c1-26-11-16(13-5-3-2-4-6-13)22-17-10-18(21-12-20-17)23-19-9-15(24-25-19)14-7-8-14/h2-6,9-10,12,14,16H,7-8,11H2,1H3,(H3,20,21,22,23,24,25). The number of hydrogen-bond donors (Lipinski definition) is 3. The van der Waals surface area contributed by atoms with E-state index in [1.807, 2.05) is 30.3 Å². The molecule has 0 saturated heterocycles. The highest BCUT2D eigenvalue weighted by atomic mass is 16.5. The molecule has 2 heterocycles. The largest absolute Gasteiger partial charge is 0.382 e. The van der Waals surface area contributed by atoms with Gasteiger partial charge in [0.2, 0.25) is 0 Å². The Hall–Kier alpha value is -2.93. The zero-order chi connectivity index (χ0) is 17.8. The van der Waals surface area contributed by atoms with Gasteiger partial charge < -0.3 is 15.4 Å². The van der Waals surface area contributed by atoms with Gasteiger partial charge >= 0.3 is 0 Å². The lowest BCUT2D eigenvalue weighted by Crippen LogP contribution is -2.17. The van der Waals surface area contributed by atoms with Crippen molar-refractivity contribution in [3.8, 4) is 0 Å². The van der Waals surface area contributed by atoms with Crippen LogP contribution in [-0.4, -0.2) is 33.9 Å². The van der Waals surface area contributed by atoms with E-state index < -0.39 is 0 Å². The molecule has 4 rings (SSSR count). The zero-order valence-corrected chi connectivity index (χ0v) is 14.6. The molecule has 26 heavy (non-hydrogen) atoms. The van der Waals surface area contributed by atoms with Crippen molar-refractivity contribution in [2.75, 3.05) is 24.4 Å². The molecule has 0 bridgehead atoms. The SMILES string of the molecule is COCC(Nc1cc(Nc2cc(C3CC3)[nH]n2)ncn1)c1ccccc1. The van der Waals surface area contributed by atoms with Crippen molar-refractivity contribution in [1.82, 2.24) is 20.2 Å². The van der Waals surface area contributed by atoms with Crippen LogP contribution in [-0.2, 0) is 4.74 Å². The Morgan fingerprint density at radius 1 is 1.12 bits per heavy atom. The molecule has 134 valence electrons. The molecule has 0 radical (unpaired) electrons. The molecule has 0 spiro atoms. The molecule has 0 aliphatic heterocycles. The van der Waals surface area contributed by atoms with Gasteiger partial charge in [-0.15, -0.1) is 0 Å². The molecule has 3 N–H and O–H groups in total. The average Bonchev–Trinajstić information content (AvgIpc) is 3.42. The second-order valence-corrected chi connectivity index (χ2v) is 6.46. The summed E-state index contributed by atoms with van der Waals surface area (Å²) in [6, 6.07) is 14.1. The number of rotatable bonds is 8. The second kappa shape index (κ2) is 7.53. The smallest absolute Gasteiger partial charge is 0.153 e. The van der Waals surface area contributed by atoms with E-state index in [-0.39, 0.29) is 6.04 Å². The van der Waals surface area contributed by atoms with E-state index in [1.165, 1.54) is 24.9 Å². The van der Waals surface area contributed by atoms with Crippen LogP contribution in [0.3, 0.4) is 0 Å². The maximum atomic E-state index is 5.35. The lowest BCUT2D eigenvalue weighted by atomic mass is 10.1. The maximum Gasteiger partial charge on any atom is 0.153 e. The number of anilines is 3. The maximum absolute atomic E-state index is 5.35. The van der Waals surface area contributed by atoms with Crippen LogP contribution in [0.25, 0.3) is 0 Å². The number of benzene rings is 1. The first-order chi connectivity index (χ1) is 12.8. The monoisotopic (exact) mass is 350 g/mol. The predicted molar refractivity (Wildman–Crippen MR) is 101 cm³/mol. The Morgan fingerprint density at radius 2 is 1.92 bits per heavy atom. The molecule has 7 heteroatoms. The van der Waals surface area contributed by atoms with E-state index in [2.05, 4.69) is 42.9 Å². The summed E-state index contributed by atoms with van der Waals surface area (Å²) in [5.74, 6) is 2.83. The van der Waals surface area contributed by atoms with Crippen LogP contribution in [0.5, 0.6) is 0 Å². The molecule has 0 amide bonds. The molecule has 1 aliphatic rings. The van der Waals surface area contributed by atoms with Crippen molar-refractivity contribution in [3.05, 3.63) is 60.0 Å². The number of methoxy groups -OCH3 is 1. The van der Waals surface area contributed by atoms with Crippen LogP contribution >= 0.6 is 0 Å². The van der Waals surface area contributed by atoms with E-state index in [9.17, 15) is 0 Å². The summed E-state index contributed by atoms with van der Waals surface area (Å²) >= 11 is 0. The zero-order valence-electron chi connectivity index (χ0n) is 14.6. The highest BCUT2D eigenvalue weighted by Gasteiger charge is 2.25. The lowest BCUT2D eigenvalue weighted by Gasteiger charge is -2.19. The Labute approximate surface area is 152 Å². The number of nitrogens with zero attached hydrogens (tertiary/aromatic N) is 3. The molecule has 1 atom stereocenters. The van der Waals surface area contributed by atoms with Crippen LogP contribution in [0, 0.1) is 0 Å². The van der Waals surface area contributed by atoms with Gasteiger partial charge in [0.15, 0.2) is 5.82 Å². The third-order valence-electron chi connectivity index (χ3n) is 4.40. The molecule has 1 fully saturated rings. The topological polar surface area (TPSA) is 87.8 Å². The van der Waals surface area contributed by atoms with E-state index in [0.29, 0.717) is 18.3 Å². The van der Waals surface area contributed by atoms with E-state index >= 15 is 0 Å². The fourth-order valence-electron chi connectivity index (χ4n) is 2.89. The normalized spacial score (nSPS) is 14.8. The molecule has 7 nitrogen and oxygen atoms in total. The van der Waals surface area contributed by atoms with E-state index in [0.717, 1.165) is 17.2 Å². The summed E-state index contributed by atoms with van der Waals surface area (Å²) in [6.07, 6.45) is 4.02. The quantitative estimate of drug-likeness (QED) is 0.575. The van der Waals surface area contributed by atoms with Gasteiger partial charge in [0, 0.05) is 30.9 Å². The molecule has 1 saturated carbocycles. The van der Waals surface area contributed by atoms with Crippen LogP contribution in [0.15, 0.2) is 48.8 Å². The number of ether oxygens (including phenoxy) is 1. The van der Waals surface area contributed by atoms with Crippen LogP contribution in [0.1, 0.15) is 36.1 Å². The van der Waals surface area contributed by atoms with E-state index in [1.54, 1.807) is 7.11 Å². The van der Waals surface area contributed by atoms with Gasteiger partial charge in [-0.1, -0.05) is 30.3 Å². The van der Waals surface area contributed by atoms with Gasteiger partial charge in [0.05, 0.1) is 12.6 Å². The van der Waals surface area contributed by atoms with Crippen molar-refractivity contribution in [3.63, 3.8) is 0 Å². The Kier molecular flexibility index (Phi) is 4.79. The summed E-state index contributed by atoms with van der Waals surface area (Å²) in [5, 5.41) is 14.0. The second-order valence-electron chi connectivity index (χ2n) is 6.46. The first-order valence-corrected chi connectivity index (χ1v) is 8.76. The fraction of sp³-hybridized carbons (Fsp3) is 0.316. The molecule has 2 aromatic heterocycles. The summed E-state index contributed by atoms with van der Waals surface area (Å²) in [6.45, 7) is 0.543. The van der Waals surface area contributed by atoms with Gasteiger partial charge in [-0.2, -0.15) is 5.10 Å². The van der Waals surface area contributed by atoms with Crippen molar-refractivity contribution in [2.45, 2.75) is 24.8 Å². The molecular weight excluding hydrogens is 328 g/mol. The van der Waals surface area contributed by atoms with Gasteiger partial charge in [0.1, 0.15) is 18.0 Å². The Bertz CT molecular complexity index is 846. The van der Waals surface area contributed by atoms with E-state index in [4.69, 9.17) is 4.74 Å². The Balaban J connectivity index is 1.47. The summed E-state index contributed by atoms with van der Waals surface area (Å²) < 4.78 is 5.35. The minimum absolute atomic E-state index is 0.0100. The van der Waals surface area contributed by atoms with Crippen molar-refractivity contribution >= 4 is 17.5 Å². The summed E-state index contributed by atoms with van der Waals surface area (Å²) in [4.78, 5) is 8.61. The molecule has 3 aromatic rings. The highest BCUT2D eigenvalue weighted by Crippen LogP contribution is 2.39. The van der Waals surface area contributed by atoms with Gasteiger partial charge in [0.25, 0.3) is 0 Å². The summed E-state index contributed by atoms with van der Waals surface area (Å²) in [5.41, 5.74) is 2.33. The van der Waals surface area contributed by atoms with Crippen molar-refractivity contribution < 1.29 is 4.74 Å². The minimum atomic E-state index is 0.0100. The summed E-state index contributed by atoms with van der Waals surface area (Å²) in [7, 11) is 1.69. The lowest BCUT2D eigenvalue weighted by molar-refractivity contribution is 0.186. The number of aromatic amines is 1. The van der Waals surface area contributed by atoms with Gasteiger partial charge in [-0.05, 0) is 18.4 Å². The van der Waals surface area contributed by atoms with Gasteiger partial charge in [-0.3, -0.25) is 5.10 Å². The third-order valence-corrected chi connectivity index (χ3v) is 4.40. The molecule has 1 unspecified atom stereocenters. The highest BCUT2D eigenvalue weighted by molar-refractivity contribution is 5.56. The predicted octanol–water partition coefficient (Wildman–Crippen LogP) is 3.62. The third kappa shape index (κ3) is 4.00. The van der Waals surface area contributed by atoms with Crippen LogP contribution < -0.4 is 10.6 Å². The van der Waals surface area contributed by atoms with Crippen LogP contribution in [0.4, 0.5) is 17.5 Å². The number of nitrogens with one attached hydrogen (secondary N) is 3. The average molecular weight is 350 g/mol. The first-order valence-electron chi connectivity index (χ1n) is 8.76. The number of H-pyrrole nitrogens is 1. The van der Waals surface area contributed by atoms with Crippen molar-refractivity contribution in [1.29, 1.82) is 0 Å². The number of aromatic nitrogens is 4. The molecule has 1 aliphatic carbocycles. The first kappa shape index (κ1) is 16.5. The molecular formula is C19H22N6O. The fourth-order valence-corrected chi connectivity index (χ4v) is 2.89. The Morgan fingerprint density at radius 3 is 2.69 bits per heavy atom. The minimum Gasteiger partial charge on any atom is -0.382 e. The molecule has 1 aromatic carbocycles. The van der Waals surface area contributed by atoms with Crippen LogP contribution in [0.2, 0.25) is 0 Å². The van der Waals surface area contributed by atoms with Crippen molar-refractivity contribution in [2.24, 2.45) is 0 Å².